The van der Waals surface area contributed by atoms with E-state index in [0.717, 1.165) is 17.9 Å². The van der Waals surface area contributed by atoms with Crippen molar-refractivity contribution in [3.8, 4) is 0 Å². The molecule has 0 saturated heterocycles. The van der Waals surface area contributed by atoms with Crippen LogP contribution in [0.3, 0.4) is 0 Å². The van der Waals surface area contributed by atoms with Crippen molar-refractivity contribution in [1.29, 1.82) is 0 Å². The molecule has 1 unspecified atom stereocenters. The van der Waals surface area contributed by atoms with Crippen LogP contribution in [0.1, 0.15) is 24.8 Å². The Morgan fingerprint density at radius 1 is 1.38 bits per heavy atom. The second-order valence-corrected chi connectivity index (χ2v) is 5.70. The van der Waals surface area contributed by atoms with Crippen LogP contribution in [0, 0.1) is 16.0 Å². The molecule has 1 aromatic carbocycles. The van der Waals surface area contributed by atoms with Crippen molar-refractivity contribution in [3.05, 3.63) is 39.9 Å². The maximum atomic E-state index is 10.5. The van der Waals surface area contributed by atoms with E-state index in [1.165, 1.54) is 19.3 Å². The zero-order valence-corrected chi connectivity index (χ0v) is 10.5. The van der Waals surface area contributed by atoms with Crippen LogP contribution in [0.25, 0.3) is 0 Å². The maximum Gasteiger partial charge on any atom is 0.269 e. The first-order valence-corrected chi connectivity index (χ1v) is 6.44. The molecule has 1 aromatic rings. The average Bonchev–Trinajstić information content (AvgIpc) is 3.02. The Balaban J connectivity index is 1.90. The van der Waals surface area contributed by atoms with Crippen LogP contribution in [-0.4, -0.2) is 9.75 Å². The molecule has 16 heavy (non-hydrogen) atoms. The first-order chi connectivity index (χ1) is 7.65. The summed E-state index contributed by atoms with van der Waals surface area (Å²) in [6.07, 6.45) is 4.90. The standard InChI is InChI=1S/C12H14BrNO2/c13-11(7-9-1-2-9)8-10-3-5-12(6-4-10)14(15)16/h3-6,9,11H,1-2,7-8H2. The molecule has 2 rings (SSSR count). The van der Waals surface area contributed by atoms with Crippen molar-refractivity contribution in [3.63, 3.8) is 0 Å². The largest absolute Gasteiger partial charge is 0.269 e. The van der Waals surface area contributed by atoms with Crippen molar-refractivity contribution >= 4 is 21.6 Å². The molecule has 4 heteroatoms. The molecular weight excluding hydrogens is 270 g/mol. The molecule has 1 atom stereocenters. The van der Waals surface area contributed by atoms with Crippen LogP contribution >= 0.6 is 15.9 Å². The highest BCUT2D eigenvalue weighted by Crippen LogP contribution is 2.36. The second kappa shape index (κ2) is 4.95. The maximum absolute atomic E-state index is 10.5. The van der Waals surface area contributed by atoms with Gasteiger partial charge in [-0.15, -0.1) is 0 Å². The Morgan fingerprint density at radius 3 is 2.50 bits per heavy atom. The van der Waals surface area contributed by atoms with Gasteiger partial charge in [0.15, 0.2) is 0 Å². The Hall–Kier alpha value is -0.900. The second-order valence-electron chi connectivity index (χ2n) is 4.40. The molecule has 0 aliphatic heterocycles. The van der Waals surface area contributed by atoms with Gasteiger partial charge in [-0.25, -0.2) is 0 Å². The monoisotopic (exact) mass is 283 g/mol. The summed E-state index contributed by atoms with van der Waals surface area (Å²) in [5.41, 5.74) is 1.32. The average molecular weight is 284 g/mol. The summed E-state index contributed by atoms with van der Waals surface area (Å²) >= 11 is 3.67. The fourth-order valence-corrected chi connectivity index (χ4v) is 2.71. The normalized spacial score (nSPS) is 17.1. The van der Waals surface area contributed by atoms with Crippen LogP contribution in [0.4, 0.5) is 5.69 Å². The zero-order chi connectivity index (χ0) is 11.5. The molecule has 1 fully saturated rings. The fourth-order valence-electron chi connectivity index (χ4n) is 1.81. The summed E-state index contributed by atoms with van der Waals surface area (Å²) in [6, 6.07) is 6.84. The highest BCUT2D eigenvalue weighted by atomic mass is 79.9. The molecule has 0 bridgehead atoms. The lowest BCUT2D eigenvalue weighted by Gasteiger charge is -2.08. The summed E-state index contributed by atoms with van der Waals surface area (Å²) < 4.78 is 0. The van der Waals surface area contributed by atoms with Crippen LogP contribution in [-0.2, 0) is 6.42 Å². The molecule has 0 heterocycles. The molecule has 1 aliphatic rings. The third-order valence-corrected chi connectivity index (χ3v) is 3.59. The summed E-state index contributed by atoms with van der Waals surface area (Å²) in [6.45, 7) is 0. The number of benzene rings is 1. The van der Waals surface area contributed by atoms with Gasteiger partial charge in [0.25, 0.3) is 5.69 Å². The van der Waals surface area contributed by atoms with E-state index in [2.05, 4.69) is 15.9 Å². The fraction of sp³-hybridized carbons (Fsp3) is 0.500. The lowest BCUT2D eigenvalue weighted by atomic mass is 10.1. The number of alkyl halides is 1. The van der Waals surface area contributed by atoms with Crippen molar-refractivity contribution in [2.45, 2.75) is 30.5 Å². The molecule has 3 nitrogen and oxygen atoms in total. The van der Waals surface area contributed by atoms with Gasteiger partial charge < -0.3 is 0 Å². The number of nitro benzene ring substituents is 1. The summed E-state index contributed by atoms with van der Waals surface area (Å²) in [5.74, 6) is 0.905. The van der Waals surface area contributed by atoms with Gasteiger partial charge in [-0.1, -0.05) is 40.9 Å². The highest BCUT2D eigenvalue weighted by Gasteiger charge is 2.24. The van der Waals surface area contributed by atoms with E-state index in [4.69, 9.17) is 0 Å². The predicted octanol–water partition coefficient (Wildman–Crippen LogP) is 3.70. The third kappa shape index (κ3) is 3.30. The van der Waals surface area contributed by atoms with Gasteiger partial charge in [0, 0.05) is 17.0 Å². The minimum absolute atomic E-state index is 0.164. The molecule has 1 saturated carbocycles. The number of non-ortho nitro benzene ring substituents is 1. The van der Waals surface area contributed by atoms with Crippen molar-refractivity contribution in [1.82, 2.24) is 0 Å². The first-order valence-electron chi connectivity index (χ1n) is 5.52. The van der Waals surface area contributed by atoms with Crippen molar-refractivity contribution < 1.29 is 4.92 Å². The van der Waals surface area contributed by atoms with Crippen LogP contribution < -0.4 is 0 Å². The van der Waals surface area contributed by atoms with Crippen molar-refractivity contribution in [2.75, 3.05) is 0 Å². The Morgan fingerprint density at radius 2 is 2.00 bits per heavy atom. The molecule has 86 valence electrons. The predicted molar refractivity (Wildman–Crippen MR) is 66.9 cm³/mol. The van der Waals surface area contributed by atoms with Gasteiger partial charge in [0.1, 0.15) is 0 Å². The van der Waals surface area contributed by atoms with Gasteiger partial charge >= 0.3 is 0 Å². The molecule has 0 aromatic heterocycles. The van der Waals surface area contributed by atoms with E-state index in [1.807, 2.05) is 12.1 Å². The van der Waals surface area contributed by atoms with E-state index < -0.39 is 0 Å². The molecule has 0 N–H and O–H groups in total. The quantitative estimate of drug-likeness (QED) is 0.470. The summed E-state index contributed by atoms with van der Waals surface area (Å²) in [4.78, 5) is 10.6. The lowest BCUT2D eigenvalue weighted by molar-refractivity contribution is -0.384. The van der Waals surface area contributed by atoms with E-state index in [0.29, 0.717) is 4.83 Å². The molecule has 0 spiro atoms. The number of hydrogen-bond acceptors (Lipinski definition) is 2. The lowest BCUT2D eigenvalue weighted by Crippen LogP contribution is -2.03. The molecule has 0 radical (unpaired) electrons. The third-order valence-electron chi connectivity index (χ3n) is 2.89. The summed E-state index contributed by atoms with van der Waals surface area (Å²) in [7, 11) is 0. The van der Waals surface area contributed by atoms with Gasteiger partial charge in [-0.3, -0.25) is 10.1 Å². The molecule has 0 amide bonds. The minimum Gasteiger partial charge on any atom is -0.258 e. The van der Waals surface area contributed by atoms with E-state index >= 15 is 0 Å². The van der Waals surface area contributed by atoms with Crippen LogP contribution in [0.2, 0.25) is 0 Å². The molecular formula is C12H14BrNO2. The van der Waals surface area contributed by atoms with E-state index in [1.54, 1.807) is 12.1 Å². The zero-order valence-electron chi connectivity index (χ0n) is 8.93. The van der Waals surface area contributed by atoms with Crippen molar-refractivity contribution in [2.24, 2.45) is 5.92 Å². The van der Waals surface area contributed by atoms with Gasteiger partial charge in [-0.2, -0.15) is 0 Å². The van der Waals surface area contributed by atoms with Gasteiger partial charge in [0.2, 0.25) is 0 Å². The first kappa shape index (κ1) is 11.6. The van der Waals surface area contributed by atoms with Gasteiger partial charge in [-0.05, 0) is 24.3 Å². The Kier molecular flexibility index (Phi) is 3.59. The SMILES string of the molecule is O=[N+]([O-])c1ccc(CC(Br)CC2CC2)cc1. The Labute approximate surface area is 103 Å². The number of nitrogens with zero attached hydrogens (tertiary/aromatic N) is 1. The number of hydrogen-bond donors (Lipinski definition) is 0. The van der Waals surface area contributed by atoms with Crippen LogP contribution in [0.5, 0.6) is 0 Å². The van der Waals surface area contributed by atoms with Gasteiger partial charge in [0.05, 0.1) is 4.92 Å². The summed E-state index contributed by atoms with van der Waals surface area (Å²) in [5, 5.41) is 10.5. The highest BCUT2D eigenvalue weighted by molar-refractivity contribution is 9.09. The smallest absolute Gasteiger partial charge is 0.258 e. The number of nitro groups is 1. The topological polar surface area (TPSA) is 43.1 Å². The minimum atomic E-state index is -0.362. The Bertz CT molecular complexity index is 373. The van der Waals surface area contributed by atoms with Crippen LogP contribution in [0.15, 0.2) is 24.3 Å². The van der Waals surface area contributed by atoms with E-state index in [9.17, 15) is 10.1 Å². The number of halogens is 1. The van der Waals surface area contributed by atoms with E-state index in [-0.39, 0.29) is 10.6 Å². The molecule has 1 aliphatic carbocycles. The number of rotatable bonds is 5.